The van der Waals surface area contributed by atoms with Crippen LogP contribution in [-0.4, -0.2) is 29.1 Å². The van der Waals surface area contributed by atoms with Crippen LogP contribution >= 0.6 is 11.3 Å². The first-order valence-electron chi connectivity index (χ1n) is 7.98. The molecule has 0 aliphatic carbocycles. The van der Waals surface area contributed by atoms with Gasteiger partial charge in [-0.1, -0.05) is 26.8 Å². The van der Waals surface area contributed by atoms with Gasteiger partial charge in [0.2, 0.25) is 0 Å². The molecule has 2 rings (SSSR count). The number of carboxylic acid groups (broad SMARTS) is 1. The van der Waals surface area contributed by atoms with Gasteiger partial charge in [-0.3, -0.25) is 9.69 Å². The number of nitrogens with zero attached hydrogens (tertiary/aromatic N) is 1. The Labute approximate surface area is 132 Å². The van der Waals surface area contributed by atoms with Crippen molar-refractivity contribution < 1.29 is 9.90 Å². The lowest BCUT2D eigenvalue weighted by Gasteiger charge is -2.41. The Balaban J connectivity index is 2.06. The quantitative estimate of drug-likeness (QED) is 0.853. The third-order valence-electron chi connectivity index (χ3n) is 4.65. The standard InChI is InChI=1S/C17H27NO2S/c1-12(2)17(15-7-5-9-21-15)18-8-4-6-14(11-18)13(3)10-16(19)20/h5,7,9,12-14,17H,4,6,8,10-11H2,1-3H3,(H,19,20). The van der Waals surface area contributed by atoms with Crippen LogP contribution in [0.4, 0.5) is 0 Å². The van der Waals surface area contributed by atoms with Gasteiger partial charge >= 0.3 is 5.97 Å². The number of carbonyl (C=O) groups is 1. The Morgan fingerprint density at radius 3 is 2.81 bits per heavy atom. The van der Waals surface area contributed by atoms with Gasteiger partial charge in [0.15, 0.2) is 0 Å². The van der Waals surface area contributed by atoms with Crippen molar-refractivity contribution in [3.63, 3.8) is 0 Å². The molecule has 1 aliphatic rings. The average molecular weight is 309 g/mol. The van der Waals surface area contributed by atoms with Crippen molar-refractivity contribution in [1.29, 1.82) is 0 Å². The third kappa shape index (κ3) is 4.30. The van der Waals surface area contributed by atoms with E-state index in [4.69, 9.17) is 5.11 Å². The van der Waals surface area contributed by atoms with Crippen LogP contribution in [0.15, 0.2) is 17.5 Å². The molecule has 3 atom stereocenters. The second-order valence-corrected chi connectivity index (χ2v) is 7.66. The highest BCUT2D eigenvalue weighted by Crippen LogP contribution is 2.36. The summed E-state index contributed by atoms with van der Waals surface area (Å²) >= 11 is 1.84. The summed E-state index contributed by atoms with van der Waals surface area (Å²) in [6, 6.07) is 4.84. The van der Waals surface area contributed by atoms with Crippen molar-refractivity contribution in [2.75, 3.05) is 13.1 Å². The van der Waals surface area contributed by atoms with Crippen molar-refractivity contribution in [2.45, 2.75) is 46.1 Å². The Hall–Kier alpha value is -0.870. The van der Waals surface area contributed by atoms with Crippen LogP contribution < -0.4 is 0 Å². The fourth-order valence-electron chi connectivity index (χ4n) is 3.59. The lowest BCUT2D eigenvalue weighted by molar-refractivity contribution is -0.138. The number of rotatable bonds is 6. The van der Waals surface area contributed by atoms with E-state index in [9.17, 15) is 4.79 Å². The molecule has 0 saturated carbocycles. The molecule has 0 amide bonds. The average Bonchev–Trinajstić information content (AvgIpc) is 2.92. The molecule has 1 aliphatic heterocycles. The van der Waals surface area contributed by atoms with Crippen molar-refractivity contribution in [1.82, 2.24) is 4.90 Å². The van der Waals surface area contributed by atoms with E-state index in [0.29, 0.717) is 24.3 Å². The maximum Gasteiger partial charge on any atom is 0.303 e. The molecule has 0 radical (unpaired) electrons. The predicted molar refractivity (Wildman–Crippen MR) is 87.6 cm³/mol. The van der Waals surface area contributed by atoms with Gasteiger partial charge in [-0.25, -0.2) is 0 Å². The minimum absolute atomic E-state index is 0.265. The fourth-order valence-corrected chi connectivity index (χ4v) is 4.62. The number of thiophene rings is 1. The van der Waals surface area contributed by atoms with E-state index < -0.39 is 5.97 Å². The number of hydrogen-bond donors (Lipinski definition) is 1. The predicted octanol–water partition coefficient (Wildman–Crippen LogP) is 4.27. The molecule has 21 heavy (non-hydrogen) atoms. The van der Waals surface area contributed by atoms with Gasteiger partial charge in [-0.2, -0.15) is 0 Å². The van der Waals surface area contributed by atoms with Crippen molar-refractivity contribution in [3.05, 3.63) is 22.4 Å². The first-order valence-corrected chi connectivity index (χ1v) is 8.86. The number of aliphatic carboxylic acids is 1. The van der Waals surface area contributed by atoms with Crippen molar-refractivity contribution in [2.24, 2.45) is 17.8 Å². The molecule has 0 aromatic carbocycles. The molecule has 2 heterocycles. The highest BCUT2D eigenvalue weighted by Gasteiger charge is 2.32. The summed E-state index contributed by atoms with van der Waals surface area (Å²) in [6.07, 6.45) is 2.65. The van der Waals surface area contributed by atoms with Gasteiger partial charge in [0.25, 0.3) is 0 Å². The smallest absolute Gasteiger partial charge is 0.303 e. The monoisotopic (exact) mass is 309 g/mol. The molecule has 0 bridgehead atoms. The van der Waals surface area contributed by atoms with Crippen LogP contribution in [0.1, 0.15) is 51.0 Å². The molecule has 0 spiro atoms. The second kappa shape index (κ2) is 7.41. The first kappa shape index (κ1) is 16.5. The molecule has 3 nitrogen and oxygen atoms in total. The zero-order valence-corrected chi connectivity index (χ0v) is 14.1. The van der Waals surface area contributed by atoms with E-state index in [1.807, 2.05) is 11.3 Å². The minimum atomic E-state index is -0.668. The Kier molecular flexibility index (Phi) is 5.82. The van der Waals surface area contributed by atoms with Gasteiger partial charge < -0.3 is 5.11 Å². The molecule has 4 heteroatoms. The topological polar surface area (TPSA) is 40.5 Å². The maximum atomic E-state index is 11.0. The fraction of sp³-hybridized carbons (Fsp3) is 0.706. The van der Waals surface area contributed by atoms with E-state index in [-0.39, 0.29) is 5.92 Å². The summed E-state index contributed by atoms with van der Waals surface area (Å²) in [7, 11) is 0. The summed E-state index contributed by atoms with van der Waals surface area (Å²) < 4.78 is 0. The van der Waals surface area contributed by atoms with E-state index in [0.717, 1.165) is 13.1 Å². The molecule has 118 valence electrons. The normalized spacial score (nSPS) is 23.1. The lowest BCUT2D eigenvalue weighted by Crippen LogP contribution is -2.42. The van der Waals surface area contributed by atoms with Crippen LogP contribution in [0.5, 0.6) is 0 Å². The van der Waals surface area contributed by atoms with Gasteiger partial charge in [0, 0.05) is 23.9 Å². The van der Waals surface area contributed by atoms with Crippen LogP contribution in [-0.2, 0) is 4.79 Å². The summed E-state index contributed by atoms with van der Waals surface area (Å²) in [6.45, 7) is 8.84. The second-order valence-electron chi connectivity index (χ2n) is 6.68. The molecule has 1 aromatic rings. The lowest BCUT2D eigenvalue weighted by atomic mass is 9.83. The van der Waals surface area contributed by atoms with Gasteiger partial charge in [-0.15, -0.1) is 11.3 Å². The molecule has 1 fully saturated rings. The Morgan fingerprint density at radius 2 is 2.24 bits per heavy atom. The van der Waals surface area contributed by atoms with E-state index in [2.05, 4.69) is 43.2 Å². The number of carboxylic acids is 1. The van der Waals surface area contributed by atoms with E-state index >= 15 is 0 Å². The number of hydrogen-bond acceptors (Lipinski definition) is 3. The SMILES string of the molecule is CC(C)C(c1cccs1)N1CCCC(C(C)CC(=O)O)C1. The van der Waals surface area contributed by atoms with Gasteiger partial charge in [0.1, 0.15) is 0 Å². The molecule has 1 N–H and O–H groups in total. The highest BCUT2D eigenvalue weighted by atomic mass is 32.1. The maximum absolute atomic E-state index is 11.0. The highest BCUT2D eigenvalue weighted by molar-refractivity contribution is 7.10. The molecular formula is C17H27NO2S. The number of piperidine rings is 1. The molecule has 1 aromatic heterocycles. The Bertz CT molecular complexity index is 444. The zero-order chi connectivity index (χ0) is 15.4. The zero-order valence-electron chi connectivity index (χ0n) is 13.3. The first-order chi connectivity index (χ1) is 9.99. The minimum Gasteiger partial charge on any atom is -0.481 e. The van der Waals surface area contributed by atoms with E-state index in [1.165, 1.54) is 17.7 Å². The van der Waals surface area contributed by atoms with E-state index in [1.54, 1.807) is 0 Å². The summed E-state index contributed by atoms with van der Waals surface area (Å²) in [4.78, 5) is 15.0. The van der Waals surface area contributed by atoms with Gasteiger partial charge in [-0.05, 0) is 48.6 Å². The summed E-state index contributed by atoms with van der Waals surface area (Å²) in [5.74, 6) is 0.688. The molecular weight excluding hydrogens is 282 g/mol. The summed E-state index contributed by atoms with van der Waals surface area (Å²) in [5, 5.41) is 11.2. The third-order valence-corrected chi connectivity index (χ3v) is 5.59. The summed E-state index contributed by atoms with van der Waals surface area (Å²) in [5.41, 5.74) is 0. The molecule has 3 unspecified atom stereocenters. The van der Waals surface area contributed by atoms with Crippen LogP contribution in [0.2, 0.25) is 0 Å². The van der Waals surface area contributed by atoms with Crippen molar-refractivity contribution in [3.8, 4) is 0 Å². The number of likely N-dealkylation sites (tertiary alicyclic amines) is 1. The van der Waals surface area contributed by atoms with Crippen LogP contribution in [0.25, 0.3) is 0 Å². The Morgan fingerprint density at radius 1 is 1.48 bits per heavy atom. The van der Waals surface area contributed by atoms with Crippen molar-refractivity contribution >= 4 is 17.3 Å². The largest absolute Gasteiger partial charge is 0.481 e. The van der Waals surface area contributed by atoms with Crippen LogP contribution in [0, 0.1) is 17.8 Å². The van der Waals surface area contributed by atoms with Crippen LogP contribution in [0.3, 0.4) is 0 Å². The van der Waals surface area contributed by atoms with Gasteiger partial charge in [0.05, 0.1) is 0 Å². The molecule has 1 saturated heterocycles.